The minimum absolute atomic E-state index is 0.0260. The first-order valence-electron chi connectivity index (χ1n) is 8.93. The van der Waals surface area contributed by atoms with Crippen LogP contribution in [0.25, 0.3) is 0 Å². The van der Waals surface area contributed by atoms with Crippen molar-refractivity contribution in [2.45, 2.75) is 25.7 Å². The summed E-state index contributed by atoms with van der Waals surface area (Å²) >= 11 is 0. The lowest BCUT2D eigenvalue weighted by atomic mass is 9.92. The van der Waals surface area contributed by atoms with E-state index in [0.717, 1.165) is 18.6 Å². The van der Waals surface area contributed by atoms with Gasteiger partial charge in [0.2, 0.25) is 0 Å². The molecular formula is C21H21NO4. The molecule has 0 fully saturated rings. The molecule has 0 radical (unpaired) electrons. The van der Waals surface area contributed by atoms with Crippen LogP contribution < -0.4 is 14.4 Å². The van der Waals surface area contributed by atoms with Crippen molar-refractivity contribution in [3.8, 4) is 11.5 Å². The number of hydrogen-bond acceptors (Lipinski definition) is 4. The largest absolute Gasteiger partial charge is 0.485 e. The van der Waals surface area contributed by atoms with Gasteiger partial charge in [0, 0.05) is 12.6 Å². The van der Waals surface area contributed by atoms with E-state index in [-0.39, 0.29) is 24.9 Å². The van der Waals surface area contributed by atoms with Crippen LogP contribution >= 0.6 is 0 Å². The SMILES string of the molecule is CN1C(=O)COc2ccc(C(=O)COc3ccc4c(c3)CCCC4)cc21. The van der Waals surface area contributed by atoms with E-state index in [2.05, 4.69) is 12.1 Å². The van der Waals surface area contributed by atoms with Crippen LogP contribution in [0.5, 0.6) is 11.5 Å². The number of aryl methyl sites for hydroxylation is 2. The highest BCUT2D eigenvalue weighted by atomic mass is 16.5. The number of ether oxygens (including phenoxy) is 2. The fraction of sp³-hybridized carbons (Fsp3) is 0.333. The van der Waals surface area contributed by atoms with Gasteiger partial charge in [0.05, 0.1) is 5.69 Å². The van der Waals surface area contributed by atoms with E-state index in [1.807, 2.05) is 6.07 Å². The highest BCUT2D eigenvalue weighted by molar-refractivity contribution is 6.02. The quantitative estimate of drug-likeness (QED) is 0.794. The Balaban J connectivity index is 1.46. The molecule has 1 heterocycles. The van der Waals surface area contributed by atoms with E-state index in [4.69, 9.17) is 9.47 Å². The lowest BCUT2D eigenvalue weighted by Gasteiger charge is -2.26. The first-order valence-corrected chi connectivity index (χ1v) is 8.93. The van der Waals surface area contributed by atoms with Gasteiger partial charge in [-0.05, 0) is 67.1 Å². The Morgan fingerprint density at radius 3 is 2.77 bits per heavy atom. The van der Waals surface area contributed by atoms with Gasteiger partial charge < -0.3 is 14.4 Å². The van der Waals surface area contributed by atoms with E-state index >= 15 is 0 Å². The molecule has 0 N–H and O–H groups in total. The summed E-state index contributed by atoms with van der Waals surface area (Å²) < 4.78 is 11.1. The molecule has 1 aliphatic carbocycles. The summed E-state index contributed by atoms with van der Waals surface area (Å²) in [6, 6.07) is 11.2. The Hall–Kier alpha value is -2.82. The molecule has 0 saturated heterocycles. The molecule has 1 aliphatic heterocycles. The van der Waals surface area contributed by atoms with Crippen LogP contribution in [-0.4, -0.2) is 32.0 Å². The Bertz CT molecular complexity index is 874. The third-order valence-corrected chi connectivity index (χ3v) is 5.06. The van der Waals surface area contributed by atoms with Gasteiger partial charge in [-0.15, -0.1) is 0 Å². The number of benzene rings is 2. The fourth-order valence-electron chi connectivity index (χ4n) is 3.48. The second-order valence-electron chi connectivity index (χ2n) is 6.77. The van der Waals surface area contributed by atoms with Crippen molar-refractivity contribution in [3.05, 3.63) is 53.1 Å². The molecule has 0 aromatic heterocycles. The normalized spacial score (nSPS) is 15.7. The maximum Gasteiger partial charge on any atom is 0.264 e. The summed E-state index contributed by atoms with van der Waals surface area (Å²) in [5, 5.41) is 0. The number of hydrogen-bond donors (Lipinski definition) is 0. The van der Waals surface area contributed by atoms with Crippen molar-refractivity contribution in [2.75, 3.05) is 25.2 Å². The summed E-state index contributed by atoms with van der Waals surface area (Å²) in [6.45, 7) is -0.00563. The predicted molar refractivity (Wildman–Crippen MR) is 98.3 cm³/mol. The van der Waals surface area contributed by atoms with Gasteiger partial charge in [0.15, 0.2) is 19.0 Å². The van der Waals surface area contributed by atoms with Crippen LogP contribution in [0, 0.1) is 0 Å². The van der Waals surface area contributed by atoms with Gasteiger partial charge in [0.1, 0.15) is 11.5 Å². The molecule has 0 saturated carbocycles. The number of likely N-dealkylation sites (N-methyl/N-ethyl adjacent to an activating group) is 1. The average Bonchev–Trinajstić information content (AvgIpc) is 2.68. The Morgan fingerprint density at radius 1 is 1.12 bits per heavy atom. The summed E-state index contributed by atoms with van der Waals surface area (Å²) in [6.07, 6.45) is 4.65. The molecule has 5 nitrogen and oxygen atoms in total. The zero-order valence-corrected chi connectivity index (χ0v) is 14.8. The Labute approximate surface area is 152 Å². The highest BCUT2D eigenvalue weighted by Crippen LogP contribution is 2.32. The monoisotopic (exact) mass is 351 g/mol. The van der Waals surface area contributed by atoms with E-state index < -0.39 is 0 Å². The molecule has 5 heteroatoms. The second kappa shape index (κ2) is 6.83. The van der Waals surface area contributed by atoms with Crippen molar-refractivity contribution < 1.29 is 19.1 Å². The van der Waals surface area contributed by atoms with Crippen LogP contribution in [0.15, 0.2) is 36.4 Å². The maximum absolute atomic E-state index is 12.5. The number of nitrogens with zero attached hydrogens (tertiary/aromatic N) is 1. The molecule has 2 aliphatic rings. The number of rotatable bonds is 4. The Morgan fingerprint density at radius 2 is 1.92 bits per heavy atom. The molecule has 0 atom stereocenters. The molecule has 2 aromatic carbocycles. The maximum atomic E-state index is 12.5. The third-order valence-electron chi connectivity index (χ3n) is 5.06. The number of carbonyl (C=O) groups excluding carboxylic acids is 2. The van der Waals surface area contributed by atoms with Crippen molar-refractivity contribution in [3.63, 3.8) is 0 Å². The van der Waals surface area contributed by atoms with Gasteiger partial charge in [-0.25, -0.2) is 0 Å². The molecule has 0 unspecified atom stereocenters. The highest BCUT2D eigenvalue weighted by Gasteiger charge is 2.23. The first-order chi connectivity index (χ1) is 12.6. The number of Topliss-reactive ketones (excluding diaryl/α,β-unsaturated/α-hetero) is 1. The zero-order valence-electron chi connectivity index (χ0n) is 14.8. The van der Waals surface area contributed by atoms with E-state index in [9.17, 15) is 9.59 Å². The van der Waals surface area contributed by atoms with Crippen LogP contribution in [0.1, 0.15) is 34.3 Å². The lowest BCUT2D eigenvalue weighted by Crippen LogP contribution is -2.35. The zero-order chi connectivity index (χ0) is 18.1. The minimum Gasteiger partial charge on any atom is -0.485 e. The molecule has 4 rings (SSSR count). The molecular weight excluding hydrogens is 330 g/mol. The topological polar surface area (TPSA) is 55.8 Å². The Kier molecular flexibility index (Phi) is 4.37. The molecule has 0 bridgehead atoms. The predicted octanol–water partition coefficient (Wildman–Crippen LogP) is 3.18. The fourth-order valence-corrected chi connectivity index (χ4v) is 3.48. The molecule has 0 spiro atoms. The smallest absolute Gasteiger partial charge is 0.264 e. The average molecular weight is 351 g/mol. The van der Waals surface area contributed by atoms with Crippen LogP contribution in [0.2, 0.25) is 0 Å². The van der Waals surface area contributed by atoms with Crippen molar-refractivity contribution in [1.29, 1.82) is 0 Å². The molecule has 134 valence electrons. The number of fused-ring (bicyclic) bond motifs is 2. The van der Waals surface area contributed by atoms with Crippen LogP contribution in [-0.2, 0) is 17.6 Å². The van der Waals surface area contributed by atoms with Gasteiger partial charge in [-0.2, -0.15) is 0 Å². The standard InChI is InChI=1S/C21H21NO4/c1-22-18-11-16(7-9-20(18)26-13-21(22)24)19(23)12-25-17-8-6-14-4-2-3-5-15(14)10-17/h6-11H,2-5,12-13H2,1H3. The molecule has 2 aromatic rings. The number of amides is 1. The summed E-state index contributed by atoms with van der Waals surface area (Å²) in [7, 11) is 1.68. The van der Waals surface area contributed by atoms with E-state index in [0.29, 0.717) is 17.0 Å². The van der Waals surface area contributed by atoms with E-state index in [1.165, 1.54) is 28.9 Å². The number of anilines is 1. The van der Waals surface area contributed by atoms with Crippen molar-refractivity contribution in [2.24, 2.45) is 0 Å². The minimum atomic E-state index is -0.132. The van der Waals surface area contributed by atoms with Gasteiger partial charge in [-0.3, -0.25) is 9.59 Å². The molecule has 1 amide bonds. The summed E-state index contributed by atoms with van der Waals surface area (Å²) in [5.41, 5.74) is 3.83. The van der Waals surface area contributed by atoms with Crippen molar-refractivity contribution in [1.82, 2.24) is 0 Å². The van der Waals surface area contributed by atoms with Gasteiger partial charge >= 0.3 is 0 Å². The molecule has 26 heavy (non-hydrogen) atoms. The van der Waals surface area contributed by atoms with Gasteiger partial charge in [-0.1, -0.05) is 6.07 Å². The van der Waals surface area contributed by atoms with Gasteiger partial charge in [0.25, 0.3) is 5.91 Å². The van der Waals surface area contributed by atoms with Crippen LogP contribution in [0.3, 0.4) is 0 Å². The van der Waals surface area contributed by atoms with E-state index in [1.54, 1.807) is 25.2 Å². The first kappa shape index (κ1) is 16.6. The summed E-state index contributed by atoms with van der Waals surface area (Å²) in [4.78, 5) is 25.8. The number of carbonyl (C=O) groups is 2. The second-order valence-corrected chi connectivity index (χ2v) is 6.77. The summed E-state index contributed by atoms with van der Waals surface area (Å²) in [5.74, 6) is 1.08. The third kappa shape index (κ3) is 3.17. The van der Waals surface area contributed by atoms with Crippen molar-refractivity contribution >= 4 is 17.4 Å². The lowest BCUT2D eigenvalue weighted by molar-refractivity contribution is -0.120. The number of ketones is 1. The van der Waals surface area contributed by atoms with Crippen LogP contribution in [0.4, 0.5) is 5.69 Å².